The number of nitro benzene ring substituents is 1. The molecule has 0 radical (unpaired) electrons. The fourth-order valence-corrected chi connectivity index (χ4v) is 3.72. The fraction of sp³-hybridized carbons (Fsp3) is 0.125. The molecule has 0 unspecified atom stereocenters. The Morgan fingerprint density at radius 2 is 1.56 bits per heavy atom. The van der Waals surface area contributed by atoms with Gasteiger partial charge in [-0.3, -0.25) is 24.5 Å². The Labute approximate surface area is 199 Å². The maximum atomic E-state index is 12.8. The number of nitro groups is 1. The van der Waals surface area contributed by atoms with Gasteiger partial charge in [-0.2, -0.15) is 13.2 Å². The number of anilines is 1. The normalized spacial score (nSPS) is 11.4. The van der Waals surface area contributed by atoms with Gasteiger partial charge in [0, 0.05) is 16.8 Å². The molecule has 1 aromatic heterocycles. The number of hydrogen-bond acceptors (Lipinski definition) is 6. The lowest BCUT2D eigenvalue weighted by atomic mass is 10.1. The molecule has 0 saturated carbocycles. The van der Waals surface area contributed by atoms with Crippen molar-refractivity contribution in [2.24, 2.45) is 0 Å². The van der Waals surface area contributed by atoms with Crippen LogP contribution in [-0.2, 0) is 27.0 Å². The van der Waals surface area contributed by atoms with E-state index >= 15 is 0 Å². The summed E-state index contributed by atoms with van der Waals surface area (Å²) in [7, 11) is 0. The lowest BCUT2D eigenvalue weighted by Gasteiger charge is -2.14. The van der Waals surface area contributed by atoms with Gasteiger partial charge in [-0.15, -0.1) is 0 Å². The molecule has 184 valence electrons. The molecule has 0 aliphatic heterocycles. The van der Waals surface area contributed by atoms with Crippen LogP contribution in [0, 0.1) is 10.1 Å². The van der Waals surface area contributed by atoms with Gasteiger partial charge in [0.2, 0.25) is 0 Å². The zero-order valence-electron chi connectivity index (χ0n) is 18.2. The molecule has 0 spiro atoms. The third-order valence-electron chi connectivity index (χ3n) is 5.33. The zero-order valence-corrected chi connectivity index (χ0v) is 18.2. The molecule has 0 aliphatic rings. The summed E-state index contributed by atoms with van der Waals surface area (Å²) in [6.07, 6.45) is -4.81. The Kier molecular flexibility index (Phi) is 6.43. The van der Waals surface area contributed by atoms with Crippen molar-refractivity contribution >= 4 is 45.1 Å². The molecule has 36 heavy (non-hydrogen) atoms. The minimum absolute atomic E-state index is 0.205. The Bertz CT molecular complexity index is 1520. The second-order valence-electron chi connectivity index (χ2n) is 7.65. The molecule has 0 bridgehead atoms. The Morgan fingerprint density at radius 3 is 2.11 bits per heavy atom. The quantitative estimate of drug-likeness (QED) is 0.183. The Balaban J connectivity index is 1.51. The van der Waals surface area contributed by atoms with Crippen molar-refractivity contribution in [3.63, 3.8) is 0 Å². The number of pyridine rings is 1. The number of ether oxygens (including phenoxy) is 1. The number of nitrogens with zero attached hydrogens (tertiary/aromatic N) is 2. The lowest BCUT2D eigenvalue weighted by molar-refractivity contribution is -0.384. The van der Waals surface area contributed by atoms with Crippen LogP contribution < -0.4 is 10.7 Å². The predicted molar refractivity (Wildman–Crippen MR) is 123 cm³/mol. The van der Waals surface area contributed by atoms with Gasteiger partial charge in [-0.1, -0.05) is 24.3 Å². The molecular formula is C24H16F3N3O6. The number of hydrogen-bond donors (Lipinski definition) is 1. The minimum atomic E-state index is -4.81. The number of esters is 1. The number of carbonyl (C=O) groups excluding carboxylic acids is 2. The van der Waals surface area contributed by atoms with Crippen molar-refractivity contribution in [1.82, 2.24) is 4.57 Å². The third kappa shape index (κ3) is 4.87. The molecule has 4 aromatic rings. The highest BCUT2D eigenvalue weighted by atomic mass is 19.4. The van der Waals surface area contributed by atoms with Crippen LogP contribution in [0.5, 0.6) is 0 Å². The molecule has 0 atom stereocenters. The first-order chi connectivity index (χ1) is 17.1. The molecule has 1 amide bonds. The molecule has 0 aliphatic carbocycles. The number of rotatable bonds is 6. The van der Waals surface area contributed by atoms with Crippen LogP contribution in [0.3, 0.4) is 0 Å². The number of amides is 1. The summed E-state index contributed by atoms with van der Waals surface area (Å²) in [4.78, 5) is 47.6. The number of alkyl halides is 3. The summed E-state index contributed by atoms with van der Waals surface area (Å²) in [5.41, 5.74) is -1.95. The van der Waals surface area contributed by atoms with Gasteiger partial charge in [-0.25, -0.2) is 0 Å². The van der Waals surface area contributed by atoms with Crippen molar-refractivity contribution in [3.8, 4) is 0 Å². The number of para-hydroxylation sites is 2. The van der Waals surface area contributed by atoms with Crippen molar-refractivity contribution in [3.05, 3.63) is 92.6 Å². The molecule has 1 heterocycles. The van der Waals surface area contributed by atoms with Crippen LogP contribution in [0.15, 0.2) is 71.5 Å². The van der Waals surface area contributed by atoms with Crippen LogP contribution in [0.1, 0.15) is 5.56 Å². The van der Waals surface area contributed by atoms with E-state index in [4.69, 9.17) is 4.74 Å². The molecule has 3 aromatic carbocycles. The van der Waals surface area contributed by atoms with E-state index in [1.807, 2.05) is 0 Å². The van der Waals surface area contributed by atoms with Gasteiger partial charge < -0.3 is 14.6 Å². The standard InChI is InChI=1S/C24H16F3N3O6/c25-24(26,27)14-9-10-17(20(11-14)30(34)35)28-21(31)13-36-22(32)12-29-18-7-3-1-5-15(18)23(33)16-6-2-4-8-19(16)29/h1-11H,12-13H2,(H,28,31). The van der Waals surface area contributed by atoms with E-state index in [2.05, 4.69) is 5.32 Å². The monoisotopic (exact) mass is 499 g/mol. The number of halogens is 3. The fourth-order valence-electron chi connectivity index (χ4n) is 3.72. The van der Waals surface area contributed by atoms with Crippen LogP contribution in [0.4, 0.5) is 24.5 Å². The summed E-state index contributed by atoms with van der Waals surface area (Å²) in [5.74, 6) is -1.83. The van der Waals surface area contributed by atoms with E-state index in [0.717, 1.165) is 6.07 Å². The van der Waals surface area contributed by atoms with Crippen molar-refractivity contribution in [2.45, 2.75) is 12.7 Å². The maximum absolute atomic E-state index is 12.8. The summed E-state index contributed by atoms with van der Waals surface area (Å²) >= 11 is 0. The first kappa shape index (κ1) is 24.4. The van der Waals surface area contributed by atoms with E-state index in [1.54, 1.807) is 53.1 Å². The van der Waals surface area contributed by atoms with Gasteiger partial charge in [-0.05, 0) is 36.4 Å². The largest absolute Gasteiger partial charge is 0.454 e. The minimum Gasteiger partial charge on any atom is -0.454 e. The molecule has 0 fully saturated rings. The highest BCUT2D eigenvalue weighted by Gasteiger charge is 2.33. The van der Waals surface area contributed by atoms with E-state index in [-0.39, 0.29) is 12.0 Å². The topological polar surface area (TPSA) is 121 Å². The highest BCUT2D eigenvalue weighted by molar-refractivity contribution is 5.96. The summed E-state index contributed by atoms with van der Waals surface area (Å²) in [5, 5.41) is 14.0. The first-order valence-electron chi connectivity index (χ1n) is 10.4. The number of fused-ring (bicyclic) bond motifs is 2. The van der Waals surface area contributed by atoms with Gasteiger partial charge in [0.1, 0.15) is 12.2 Å². The maximum Gasteiger partial charge on any atom is 0.416 e. The molecular weight excluding hydrogens is 483 g/mol. The average Bonchev–Trinajstić information content (AvgIpc) is 2.84. The van der Waals surface area contributed by atoms with Crippen molar-refractivity contribution < 1.29 is 32.4 Å². The summed E-state index contributed by atoms with van der Waals surface area (Å²) < 4.78 is 45.1. The van der Waals surface area contributed by atoms with Crippen molar-refractivity contribution in [2.75, 3.05) is 11.9 Å². The molecule has 4 rings (SSSR count). The van der Waals surface area contributed by atoms with Crippen molar-refractivity contribution in [1.29, 1.82) is 0 Å². The lowest BCUT2D eigenvalue weighted by Crippen LogP contribution is -2.24. The molecule has 1 N–H and O–H groups in total. The highest BCUT2D eigenvalue weighted by Crippen LogP contribution is 2.35. The Hall–Kier alpha value is -4.74. The second kappa shape index (κ2) is 9.49. The Morgan fingerprint density at radius 1 is 0.972 bits per heavy atom. The van der Waals surface area contributed by atoms with E-state index < -0.39 is 46.5 Å². The smallest absolute Gasteiger partial charge is 0.416 e. The predicted octanol–water partition coefficient (Wildman–Crippen LogP) is 4.26. The van der Waals surface area contributed by atoms with E-state index in [0.29, 0.717) is 33.9 Å². The third-order valence-corrected chi connectivity index (χ3v) is 5.33. The molecule has 9 nitrogen and oxygen atoms in total. The summed E-state index contributed by atoms with van der Waals surface area (Å²) in [6, 6.07) is 15.0. The average molecular weight is 499 g/mol. The number of aromatic nitrogens is 1. The zero-order chi connectivity index (χ0) is 26.0. The van der Waals surface area contributed by atoms with Crippen LogP contribution >= 0.6 is 0 Å². The number of benzene rings is 3. The molecule has 12 heteroatoms. The van der Waals surface area contributed by atoms with E-state index in [9.17, 15) is 37.7 Å². The SMILES string of the molecule is O=C(COC(=O)Cn1c2ccccc2c(=O)c2ccccc21)Nc1ccc(C(F)(F)F)cc1[N+](=O)[O-]. The van der Waals surface area contributed by atoms with Crippen LogP contribution in [0.2, 0.25) is 0 Å². The number of carbonyl (C=O) groups is 2. The summed E-state index contributed by atoms with van der Waals surface area (Å²) in [6.45, 7) is -1.19. The van der Waals surface area contributed by atoms with Gasteiger partial charge in [0.25, 0.3) is 11.6 Å². The van der Waals surface area contributed by atoms with Crippen LogP contribution in [-0.4, -0.2) is 28.0 Å². The number of nitrogens with one attached hydrogen (secondary N) is 1. The van der Waals surface area contributed by atoms with Crippen LogP contribution in [0.25, 0.3) is 21.8 Å². The second-order valence-corrected chi connectivity index (χ2v) is 7.65. The van der Waals surface area contributed by atoms with Gasteiger partial charge in [0.05, 0.1) is 21.5 Å². The van der Waals surface area contributed by atoms with Gasteiger partial charge >= 0.3 is 12.1 Å². The van der Waals surface area contributed by atoms with Gasteiger partial charge in [0.15, 0.2) is 12.0 Å². The van der Waals surface area contributed by atoms with E-state index in [1.165, 1.54) is 0 Å². The first-order valence-corrected chi connectivity index (χ1v) is 10.4. The molecule has 0 saturated heterocycles.